The lowest BCUT2D eigenvalue weighted by Gasteiger charge is -2.11. The maximum absolute atomic E-state index is 13.5. The van der Waals surface area contributed by atoms with Gasteiger partial charge in [-0.3, -0.25) is 9.78 Å². The second-order valence-corrected chi connectivity index (χ2v) is 4.44. The minimum Gasteiger partial charge on any atom is -0.377 e. The van der Waals surface area contributed by atoms with Gasteiger partial charge in [0.1, 0.15) is 0 Å². The second kappa shape index (κ2) is 7.50. The summed E-state index contributed by atoms with van der Waals surface area (Å²) < 4.78 is 18.9. The molecule has 5 heteroatoms. The Labute approximate surface area is 123 Å². The fourth-order valence-corrected chi connectivity index (χ4v) is 1.91. The molecular formula is C16H17FN2O2. The molecule has 1 aromatic carbocycles. The van der Waals surface area contributed by atoms with Gasteiger partial charge in [0.15, 0.2) is 5.82 Å². The van der Waals surface area contributed by atoms with E-state index in [1.54, 1.807) is 0 Å². The molecule has 0 radical (unpaired) electrons. The molecule has 0 fully saturated rings. The first-order valence-electron chi connectivity index (χ1n) is 6.74. The first-order chi connectivity index (χ1) is 10.2. The van der Waals surface area contributed by atoms with Crippen LogP contribution in [0.4, 0.5) is 4.39 Å². The minimum absolute atomic E-state index is 0.00714. The van der Waals surface area contributed by atoms with Crippen molar-refractivity contribution in [3.05, 3.63) is 65.2 Å². The zero-order chi connectivity index (χ0) is 15.1. The van der Waals surface area contributed by atoms with Gasteiger partial charge in [-0.25, -0.2) is 4.39 Å². The number of nitrogens with zero attached hydrogens (tertiary/aromatic N) is 1. The second-order valence-electron chi connectivity index (χ2n) is 4.44. The van der Waals surface area contributed by atoms with Gasteiger partial charge in [-0.1, -0.05) is 24.3 Å². The van der Waals surface area contributed by atoms with Crippen LogP contribution in [0.3, 0.4) is 0 Å². The Bertz CT molecular complexity index is 617. The quantitative estimate of drug-likeness (QED) is 0.889. The van der Waals surface area contributed by atoms with E-state index in [0.717, 1.165) is 17.3 Å². The van der Waals surface area contributed by atoms with E-state index >= 15 is 0 Å². The van der Waals surface area contributed by atoms with Crippen molar-refractivity contribution in [2.45, 2.75) is 20.1 Å². The van der Waals surface area contributed by atoms with Crippen LogP contribution < -0.4 is 5.32 Å². The van der Waals surface area contributed by atoms with Crippen LogP contribution in [-0.2, 0) is 17.9 Å². The molecular weight excluding hydrogens is 271 g/mol. The number of rotatable bonds is 6. The summed E-state index contributed by atoms with van der Waals surface area (Å²) in [6.45, 7) is 3.37. The van der Waals surface area contributed by atoms with Gasteiger partial charge in [0, 0.05) is 19.3 Å². The maximum atomic E-state index is 13.5. The number of nitrogens with one attached hydrogen (secondary N) is 1. The first kappa shape index (κ1) is 15.1. The molecule has 1 aromatic heterocycles. The zero-order valence-corrected chi connectivity index (χ0v) is 11.8. The lowest BCUT2D eigenvalue weighted by atomic mass is 10.1. The average Bonchev–Trinajstić information content (AvgIpc) is 2.52. The molecule has 4 nitrogen and oxygen atoms in total. The molecule has 21 heavy (non-hydrogen) atoms. The summed E-state index contributed by atoms with van der Waals surface area (Å²) in [4.78, 5) is 15.6. The number of halogens is 1. The van der Waals surface area contributed by atoms with Gasteiger partial charge < -0.3 is 10.1 Å². The van der Waals surface area contributed by atoms with E-state index < -0.39 is 11.7 Å². The summed E-state index contributed by atoms with van der Waals surface area (Å²) in [5.41, 5.74) is 1.95. The van der Waals surface area contributed by atoms with Crippen LogP contribution in [0.15, 0.2) is 42.7 Å². The monoisotopic (exact) mass is 288 g/mol. The Hall–Kier alpha value is -2.27. The Morgan fingerprint density at radius 1 is 1.29 bits per heavy atom. The Morgan fingerprint density at radius 2 is 2.05 bits per heavy atom. The standard InChI is InChI=1S/C16H17FN2O2/c1-2-21-11-13-6-4-3-5-12(13)9-19-16(20)14-7-8-18-10-15(14)17/h3-8,10H,2,9,11H2,1H3,(H,19,20). The molecule has 1 heterocycles. The third-order valence-electron chi connectivity index (χ3n) is 3.04. The zero-order valence-electron chi connectivity index (χ0n) is 11.8. The summed E-state index contributed by atoms with van der Waals surface area (Å²) in [6.07, 6.45) is 2.42. The summed E-state index contributed by atoms with van der Waals surface area (Å²) in [7, 11) is 0. The van der Waals surface area contributed by atoms with E-state index in [9.17, 15) is 9.18 Å². The van der Waals surface area contributed by atoms with Gasteiger partial charge in [-0.15, -0.1) is 0 Å². The molecule has 110 valence electrons. The molecule has 0 aliphatic heterocycles. The van der Waals surface area contributed by atoms with Crippen LogP contribution in [0.2, 0.25) is 0 Å². The van der Waals surface area contributed by atoms with Crippen molar-refractivity contribution in [2.24, 2.45) is 0 Å². The van der Waals surface area contributed by atoms with Crippen LogP contribution in [0.5, 0.6) is 0 Å². The van der Waals surface area contributed by atoms with Crippen LogP contribution in [-0.4, -0.2) is 17.5 Å². The highest BCUT2D eigenvalue weighted by Gasteiger charge is 2.11. The molecule has 0 unspecified atom stereocenters. The van der Waals surface area contributed by atoms with E-state index in [4.69, 9.17) is 4.74 Å². The number of hydrogen-bond acceptors (Lipinski definition) is 3. The first-order valence-corrected chi connectivity index (χ1v) is 6.74. The minimum atomic E-state index is -0.627. The topological polar surface area (TPSA) is 51.2 Å². The largest absolute Gasteiger partial charge is 0.377 e. The van der Waals surface area contributed by atoms with Gasteiger partial charge >= 0.3 is 0 Å². The number of aromatic nitrogens is 1. The molecule has 1 amide bonds. The van der Waals surface area contributed by atoms with Crippen molar-refractivity contribution in [3.63, 3.8) is 0 Å². The van der Waals surface area contributed by atoms with Crippen molar-refractivity contribution < 1.29 is 13.9 Å². The van der Waals surface area contributed by atoms with Gasteiger partial charge in [0.25, 0.3) is 5.91 Å². The Balaban J connectivity index is 2.03. The summed E-state index contributed by atoms with van der Waals surface area (Å²) >= 11 is 0. The normalized spacial score (nSPS) is 10.4. The van der Waals surface area contributed by atoms with Crippen molar-refractivity contribution >= 4 is 5.91 Å². The third-order valence-corrected chi connectivity index (χ3v) is 3.04. The number of carbonyl (C=O) groups is 1. The fourth-order valence-electron chi connectivity index (χ4n) is 1.91. The predicted molar refractivity (Wildman–Crippen MR) is 77.1 cm³/mol. The van der Waals surface area contributed by atoms with E-state index in [1.165, 1.54) is 12.3 Å². The van der Waals surface area contributed by atoms with Crippen LogP contribution in [0.25, 0.3) is 0 Å². The molecule has 0 spiro atoms. The van der Waals surface area contributed by atoms with E-state index in [1.807, 2.05) is 31.2 Å². The van der Waals surface area contributed by atoms with Crippen molar-refractivity contribution in [1.29, 1.82) is 0 Å². The van der Waals surface area contributed by atoms with Gasteiger partial charge in [-0.2, -0.15) is 0 Å². The van der Waals surface area contributed by atoms with Gasteiger partial charge in [0.05, 0.1) is 18.4 Å². The summed E-state index contributed by atoms with van der Waals surface area (Å²) in [6, 6.07) is 9.03. The van der Waals surface area contributed by atoms with Crippen LogP contribution >= 0.6 is 0 Å². The average molecular weight is 288 g/mol. The predicted octanol–water partition coefficient (Wildman–Crippen LogP) is 2.69. The molecule has 1 N–H and O–H groups in total. The highest BCUT2D eigenvalue weighted by molar-refractivity contribution is 5.94. The number of benzene rings is 1. The lowest BCUT2D eigenvalue weighted by Crippen LogP contribution is -2.24. The summed E-state index contributed by atoms with van der Waals surface area (Å²) in [5.74, 6) is -1.08. The van der Waals surface area contributed by atoms with Crippen LogP contribution in [0, 0.1) is 5.82 Å². The molecule has 2 rings (SSSR count). The molecule has 0 aliphatic rings. The molecule has 0 atom stereocenters. The fraction of sp³-hybridized carbons (Fsp3) is 0.250. The Morgan fingerprint density at radius 3 is 2.76 bits per heavy atom. The molecule has 2 aromatic rings. The number of ether oxygens (including phenoxy) is 1. The van der Waals surface area contributed by atoms with Gasteiger partial charge in [-0.05, 0) is 24.1 Å². The number of carbonyl (C=O) groups excluding carboxylic acids is 1. The lowest BCUT2D eigenvalue weighted by molar-refractivity contribution is 0.0945. The SMILES string of the molecule is CCOCc1ccccc1CNC(=O)c1ccncc1F. The molecule has 0 saturated carbocycles. The molecule has 0 saturated heterocycles. The smallest absolute Gasteiger partial charge is 0.254 e. The van der Waals surface area contributed by atoms with Crippen molar-refractivity contribution in [2.75, 3.05) is 6.61 Å². The van der Waals surface area contributed by atoms with E-state index in [0.29, 0.717) is 19.8 Å². The van der Waals surface area contributed by atoms with Gasteiger partial charge in [0.2, 0.25) is 0 Å². The summed E-state index contributed by atoms with van der Waals surface area (Å²) in [5, 5.41) is 2.71. The number of amides is 1. The van der Waals surface area contributed by atoms with E-state index in [-0.39, 0.29) is 5.56 Å². The number of hydrogen-bond donors (Lipinski definition) is 1. The van der Waals surface area contributed by atoms with E-state index in [2.05, 4.69) is 10.3 Å². The highest BCUT2D eigenvalue weighted by atomic mass is 19.1. The number of pyridine rings is 1. The highest BCUT2D eigenvalue weighted by Crippen LogP contribution is 2.11. The molecule has 0 aliphatic carbocycles. The maximum Gasteiger partial charge on any atom is 0.254 e. The van der Waals surface area contributed by atoms with Crippen LogP contribution in [0.1, 0.15) is 28.4 Å². The van der Waals surface area contributed by atoms with Crippen molar-refractivity contribution in [3.8, 4) is 0 Å². The van der Waals surface area contributed by atoms with Crippen molar-refractivity contribution in [1.82, 2.24) is 10.3 Å². The Kier molecular flexibility index (Phi) is 5.40. The molecule has 0 bridgehead atoms. The third kappa shape index (κ3) is 4.10.